The average Bonchev–Trinajstić information content (AvgIpc) is 2.68. The SMILES string of the molecule is CC1N=C(N(C)C)NC(N(C)CCc2cccc(O)c2O)=NC1C. The van der Waals surface area contributed by atoms with Crippen LogP contribution in [0.3, 0.4) is 0 Å². The molecule has 24 heavy (non-hydrogen) atoms. The molecule has 0 fully saturated rings. The number of hydrogen-bond donors (Lipinski definition) is 3. The highest BCUT2D eigenvalue weighted by Gasteiger charge is 2.21. The summed E-state index contributed by atoms with van der Waals surface area (Å²) in [6, 6.07) is 5.18. The minimum absolute atomic E-state index is 0.0563. The first-order chi connectivity index (χ1) is 11.3. The molecule has 1 aromatic rings. The van der Waals surface area contributed by atoms with Gasteiger partial charge in [0, 0.05) is 27.7 Å². The molecule has 1 heterocycles. The lowest BCUT2D eigenvalue weighted by atomic mass is 10.1. The predicted molar refractivity (Wildman–Crippen MR) is 96.7 cm³/mol. The summed E-state index contributed by atoms with van der Waals surface area (Å²) in [5, 5.41) is 22.8. The summed E-state index contributed by atoms with van der Waals surface area (Å²) in [6.45, 7) is 4.74. The second kappa shape index (κ2) is 7.42. The number of likely N-dealkylation sites (N-methyl/N-ethyl adjacent to an activating group) is 1. The van der Waals surface area contributed by atoms with Gasteiger partial charge in [-0.15, -0.1) is 0 Å². The van der Waals surface area contributed by atoms with Gasteiger partial charge in [0.1, 0.15) is 0 Å². The Morgan fingerprint density at radius 2 is 1.67 bits per heavy atom. The number of para-hydroxylation sites is 1. The van der Waals surface area contributed by atoms with E-state index < -0.39 is 0 Å². The van der Waals surface area contributed by atoms with Crippen LogP contribution in [0.25, 0.3) is 0 Å². The lowest BCUT2D eigenvalue weighted by Gasteiger charge is -2.24. The van der Waals surface area contributed by atoms with E-state index in [4.69, 9.17) is 4.99 Å². The number of guanidine groups is 2. The fourth-order valence-electron chi connectivity index (χ4n) is 2.36. The molecule has 2 atom stereocenters. The van der Waals surface area contributed by atoms with Crippen molar-refractivity contribution in [3.05, 3.63) is 23.8 Å². The maximum absolute atomic E-state index is 9.92. The van der Waals surface area contributed by atoms with Gasteiger partial charge >= 0.3 is 0 Å². The number of aliphatic imine (C=N–C) groups is 2. The van der Waals surface area contributed by atoms with E-state index in [1.165, 1.54) is 6.07 Å². The van der Waals surface area contributed by atoms with Crippen LogP contribution in [0.4, 0.5) is 0 Å². The van der Waals surface area contributed by atoms with Crippen molar-refractivity contribution in [2.24, 2.45) is 9.98 Å². The van der Waals surface area contributed by atoms with Crippen molar-refractivity contribution in [3.8, 4) is 11.5 Å². The second-order valence-electron chi connectivity index (χ2n) is 6.36. The van der Waals surface area contributed by atoms with Crippen molar-refractivity contribution in [1.29, 1.82) is 0 Å². The van der Waals surface area contributed by atoms with Crippen LogP contribution in [0.1, 0.15) is 19.4 Å². The number of aromatic hydroxyl groups is 2. The van der Waals surface area contributed by atoms with Gasteiger partial charge in [0.2, 0.25) is 11.9 Å². The van der Waals surface area contributed by atoms with Gasteiger partial charge < -0.3 is 20.0 Å². The molecule has 7 nitrogen and oxygen atoms in total. The molecule has 0 amide bonds. The van der Waals surface area contributed by atoms with E-state index in [-0.39, 0.29) is 23.6 Å². The molecule has 132 valence electrons. The van der Waals surface area contributed by atoms with E-state index in [9.17, 15) is 10.2 Å². The molecule has 0 radical (unpaired) electrons. The second-order valence-corrected chi connectivity index (χ2v) is 6.36. The van der Waals surface area contributed by atoms with E-state index >= 15 is 0 Å². The molecule has 0 spiro atoms. The average molecular weight is 333 g/mol. The van der Waals surface area contributed by atoms with Crippen molar-refractivity contribution in [3.63, 3.8) is 0 Å². The number of nitrogens with one attached hydrogen (secondary N) is 1. The van der Waals surface area contributed by atoms with E-state index in [0.717, 1.165) is 11.9 Å². The summed E-state index contributed by atoms with van der Waals surface area (Å²) in [7, 11) is 5.83. The van der Waals surface area contributed by atoms with E-state index in [2.05, 4.69) is 10.3 Å². The molecule has 0 bridgehead atoms. The number of nitrogens with zero attached hydrogens (tertiary/aromatic N) is 4. The van der Waals surface area contributed by atoms with Gasteiger partial charge in [-0.25, -0.2) is 9.98 Å². The molecule has 1 aliphatic rings. The van der Waals surface area contributed by atoms with Crippen molar-refractivity contribution < 1.29 is 10.2 Å². The molecule has 0 saturated carbocycles. The van der Waals surface area contributed by atoms with Crippen molar-refractivity contribution in [2.45, 2.75) is 32.4 Å². The highest BCUT2D eigenvalue weighted by Crippen LogP contribution is 2.28. The predicted octanol–water partition coefficient (Wildman–Crippen LogP) is 1.23. The Morgan fingerprint density at radius 1 is 1.04 bits per heavy atom. The van der Waals surface area contributed by atoms with Crippen molar-refractivity contribution in [1.82, 2.24) is 15.1 Å². The summed E-state index contributed by atoms with van der Waals surface area (Å²) in [5.41, 5.74) is 0.707. The van der Waals surface area contributed by atoms with Crippen LogP contribution >= 0.6 is 0 Å². The first-order valence-electron chi connectivity index (χ1n) is 8.10. The lowest BCUT2D eigenvalue weighted by Crippen LogP contribution is -2.47. The Kier molecular flexibility index (Phi) is 5.54. The third-order valence-corrected chi connectivity index (χ3v) is 4.17. The maximum Gasteiger partial charge on any atom is 0.200 e. The molecule has 1 aromatic carbocycles. The van der Waals surface area contributed by atoms with Crippen LogP contribution < -0.4 is 5.32 Å². The molecule has 0 aromatic heterocycles. The van der Waals surface area contributed by atoms with Gasteiger partial charge in [0.15, 0.2) is 11.5 Å². The molecule has 3 N–H and O–H groups in total. The zero-order chi connectivity index (χ0) is 17.9. The standard InChI is InChI=1S/C17H27N5O2/c1-11-12(2)19-17(20-16(18-11)21(3)4)22(5)10-9-13-7-6-8-14(23)15(13)24/h6-8,11-12,23-24H,9-10H2,1-5H3,(H,18,19,20). The van der Waals surface area contributed by atoms with Crippen LogP contribution in [0.15, 0.2) is 28.2 Å². The minimum atomic E-state index is -0.0930. The van der Waals surface area contributed by atoms with Crippen LogP contribution in [-0.2, 0) is 6.42 Å². The number of rotatable bonds is 3. The highest BCUT2D eigenvalue weighted by molar-refractivity contribution is 5.99. The summed E-state index contributed by atoms with van der Waals surface area (Å²) >= 11 is 0. The summed E-state index contributed by atoms with van der Waals surface area (Å²) in [6.07, 6.45) is 0.593. The highest BCUT2D eigenvalue weighted by atomic mass is 16.3. The molecule has 0 saturated heterocycles. The smallest absolute Gasteiger partial charge is 0.200 e. The van der Waals surface area contributed by atoms with Crippen LogP contribution in [0.5, 0.6) is 11.5 Å². The Hall–Kier alpha value is -2.44. The molecular weight excluding hydrogens is 306 g/mol. The van der Waals surface area contributed by atoms with E-state index in [0.29, 0.717) is 18.5 Å². The number of benzene rings is 1. The quantitative estimate of drug-likeness (QED) is 0.725. The molecular formula is C17H27N5O2. The van der Waals surface area contributed by atoms with Gasteiger partial charge in [-0.3, -0.25) is 5.32 Å². The molecule has 2 unspecified atom stereocenters. The van der Waals surface area contributed by atoms with Crippen molar-refractivity contribution in [2.75, 3.05) is 27.7 Å². The summed E-state index contributed by atoms with van der Waals surface area (Å²) in [5.74, 6) is 1.38. The third-order valence-electron chi connectivity index (χ3n) is 4.17. The maximum atomic E-state index is 9.92. The minimum Gasteiger partial charge on any atom is -0.504 e. The largest absolute Gasteiger partial charge is 0.504 e. The van der Waals surface area contributed by atoms with Crippen LogP contribution in [0, 0.1) is 0 Å². The number of phenols is 2. The van der Waals surface area contributed by atoms with Gasteiger partial charge in [-0.2, -0.15) is 0 Å². The fourth-order valence-corrected chi connectivity index (χ4v) is 2.36. The van der Waals surface area contributed by atoms with Gasteiger partial charge in [0.05, 0.1) is 12.1 Å². The van der Waals surface area contributed by atoms with E-state index in [1.54, 1.807) is 6.07 Å². The normalized spacial score (nSPS) is 20.5. The monoisotopic (exact) mass is 333 g/mol. The van der Waals surface area contributed by atoms with Crippen LogP contribution in [0.2, 0.25) is 0 Å². The zero-order valence-electron chi connectivity index (χ0n) is 15.0. The molecule has 2 rings (SSSR count). The lowest BCUT2D eigenvalue weighted by molar-refractivity contribution is 0.396. The van der Waals surface area contributed by atoms with Crippen molar-refractivity contribution >= 4 is 11.9 Å². The third kappa shape index (κ3) is 4.10. The molecule has 7 heteroatoms. The number of hydrogen-bond acceptors (Lipinski definition) is 7. The Labute approximate surface area is 143 Å². The zero-order valence-corrected chi connectivity index (χ0v) is 15.0. The summed E-state index contributed by atoms with van der Waals surface area (Å²) < 4.78 is 0. The first kappa shape index (κ1) is 17.9. The Balaban J connectivity index is 2.10. The molecule has 0 aliphatic carbocycles. The van der Waals surface area contributed by atoms with Crippen LogP contribution in [-0.4, -0.2) is 71.7 Å². The van der Waals surface area contributed by atoms with Gasteiger partial charge in [0.25, 0.3) is 0 Å². The Morgan fingerprint density at radius 3 is 2.29 bits per heavy atom. The first-order valence-corrected chi connectivity index (χ1v) is 8.10. The topological polar surface area (TPSA) is 83.7 Å². The van der Waals surface area contributed by atoms with Gasteiger partial charge in [-0.05, 0) is 31.9 Å². The fraction of sp³-hybridized carbons (Fsp3) is 0.529. The van der Waals surface area contributed by atoms with Gasteiger partial charge in [-0.1, -0.05) is 12.1 Å². The van der Waals surface area contributed by atoms with E-state index in [1.807, 2.05) is 50.9 Å². The molecule has 1 aliphatic heterocycles. The number of phenolic OH excluding ortho intramolecular Hbond substituents is 2. The summed E-state index contributed by atoms with van der Waals surface area (Å²) in [4.78, 5) is 13.3. The Bertz CT molecular complexity index is 642.